The predicted molar refractivity (Wildman–Crippen MR) is 86.5 cm³/mol. The molecule has 1 aromatic carbocycles. The van der Waals surface area contributed by atoms with Crippen molar-refractivity contribution >= 4 is 15.9 Å². The smallest absolute Gasteiger partial charge is 0.0175 e. The lowest BCUT2D eigenvalue weighted by Crippen LogP contribution is -2.41. The fraction of sp³-hybridized carbons (Fsp3) is 0.647. The molecule has 1 aliphatic carbocycles. The van der Waals surface area contributed by atoms with Gasteiger partial charge >= 0.3 is 0 Å². The lowest BCUT2D eigenvalue weighted by Gasteiger charge is -2.35. The summed E-state index contributed by atoms with van der Waals surface area (Å²) in [5.41, 5.74) is 1.85. The molecule has 2 heteroatoms. The van der Waals surface area contributed by atoms with Crippen LogP contribution in [-0.4, -0.2) is 13.1 Å². The Morgan fingerprint density at radius 1 is 1.32 bits per heavy atom. The van der Waals surface area contributed by atoms with E-state index in [1.807, 2.05) is 0 Å². The summed E-state index contributed by atoms with van der Waals surface area (Å²) in [6, 6.07) is 8.99. The summed E-state index contributed by atoms with van der Waals surface area (Å²) >= 11 is 3.54. The molecule has 0 aromatic heterocycles. The Morgan fingerprint density at radius 3 is 2.53 bits per heavy atom. The van der Waals surface area contributed by atoms with Crippen molar-refractivity contribution in [2.75, 3.05) is 13.1 Å². The third kappa shape index (κ3) is 3.41. The van der Waals surface area contributed by atoms with Gasteiger partial charge in [0, 0.05) is 16.4 Å². The number of rotatable bonds is 5. The second kappa shape index (κ2) is 6.41. The van der Waals surface area contributed by atoms with E-state index in [0.717, 1.165) is 24.9 Å². The molecule has 19 heavy (non-hydrogen) atoms. The SMILES string of the molecule is CC(C)CNCC1(c2ccc(Br)cc2)CCCC1C. The van der Waals surface area contributed by atoms with E-state index >= 15 is 0 Å². The molecule has 0 amide bonds. The van der Waals surface area contributed by atoms with Gasteiger partial charge in [0.15, 0.2) is 0 Å². The molecule has 0 aliphatic heterocycles. The van der Waals surface area contributed by atoms with Crippen molar-refractivity contribution in [2.45, 2.75) is 45.4 Å². The van der Waals surface area contributed by atoms with Crippen LogP contribution < -0.4 is 5.32 Å². The van der Waals surface area contributed by atoms with E-state index in [-0.39, 0.29) is 0 Å². The summed E-state index contributed by atoms with van der Waals surface area (Å²) < 4.78 is 1.17. The van der Waals surface area contributed by atoms with Crippen molar-refractivity contribution < 1.29 is 0 Å². The zero-order chi connectivity index (χ0) is 13.9. The Hall–Kier alpha value is -0.340. The maximum Gasteiger partial charge on any atom is 0.0175 e. The highest BCUT2D eigenvalue weighted by atomic mass is 79.9. The number of benzene rings is 1. The zero-order valence-corrected chi connectivity index (χ0v) is 14.0. The quantitative estimate of drug-likeness (QED) is 0.824. The molecule has 0 radical (unpaired) electrons. The molecule has 1 saturated carbocycles. The predicted octanol–water partition coefficient (Wildman–Crippen LogP) is 4.75. The summed E-state index contributed by atoms with van der Waals surface area (Å²) in [4.78, 5) is 0. The number of nitrogens with one attached hydrogen (secondary N) is 1. The van der Waals surface area contributed by atoms with Crippen LogP contribution in [0.1, 0.15) is 45.6 Å². The van der Waals surface area contributed by atoms with E-state index in [9.17, 15) is 0 Å². The normalized spacial score (nSPS) is 27.1. The lowest BCUT2D eigenvalue weighted by atomic mass is 9.73. The Bertz CT molecular complexity index is 398. The van der Waals surface area contributed by atoms with E-state index in [2.05, 4.69) is 66.3 Å². The van der Waals surface area contributed by atoms with Crippen LogP contribution in [0.2, 0.25) is 0 Å². The van der Waals surface area contributed by atoms with Crippen LogP contribution in [0.25, 0.3) is 0 Å². The summed E-state index contributed by atoms with van der Waals surface area (Å²) in [6.45, 7) is 9.21. The third-order valence-electron chi connectivity index (χ3n) is 4.62. The van der Waals surface area contributed by atoms with Gasteiger partial charge in [0.25, 0.3) is 0 Å². The molecule has 1 N–H and O–H groups in total. The number of halogens is 1. The highest BCUT2D eigenvalue weighted by Crippen LogP contribution is 2.45. The maximum atomic E-state index is 3.70. The lowest BCUT2D eigenvalue weighted by molar-refractivity contribution is 0.312. The van der Waals surface area contributed by atoms with Gasteiger partial charge in [-0.2, -0.15) is 0 Å². The molecular formula is C17H26BrN. The average Bonchev–Trinajstić information content (AvgIpc) is 2.72. The van der Waals surface area contributed by atoms with E-state index in [0.29, 0.717) is 5.41 Å². The Morgan fingerprint density at radius 2 is 2.00 bits per heavy atom. The molecule has 1 aliphatic rings. The molecule has 2 unspecified atom stereocenters. The highest BCUT2D eigenvalue weighted by molar-refractivity contribution is 9.10. The fourth-order valence-electron chi connectivity index (χ4n) is 3.41. The molecule has 1 fully saturated rings. The minimum absolute atomic E-state index is 0.343. The van der Waals surface area contributed by atoms with Gasteiger partial charge in [-0.1, -0.05) is 55.3 Å². The van der Waals surface area contributed by atoms with Crippen molar-refractivity contribution in [1.29, 1.82) is 0 Å². The van der Waals surface area contributed by atoms with Crippen LogP contribution in [-0.2, 0) is 5.41 Å². The van der Waals surface area contributed by atoms with E-state index in [1.54, 1.807) is 0 Å². The van der Waals surface area contributed by atoms with Crippen LogP contribution in [0.15, 0.2) is 28.7 Å². The summed E-state index contributed by atoms with van der Waals surface area (Å²) in [7, 11) is 0. The first-order valence-electron chi connectivity index (χ1n) is 7.51. The van der Waals surface area contributed by atoms with Gasteiger partial charge in [-0.25, -0.2) is 0 Å². The standard InChI is InChI=1S/C17H26BrN/c1-13(2)11-19-12-17(10-4-5-14(17)3)15-6-8-16(18)9-7-15/h6-9,13-14,19H,4-5,10-12H2,1-3H3. The van der Waals surface area contributed by atoms with Gasteiger partial charge in [0.2, 0.25) is 0 Å². The van der Waals surface area contributed by atoms with E-state index in [4.69, 9.17) is 0 Å². The zero-order valence-electron chi connectivity index (χ0n) is 12.4. The molecule has 1 aromatic rings. The van der Waals surface area contributed by atoms with Crippen molar-refractivity contribution in [3.05, 3.63) is 34.3 Å². The molecule has 2 atom stereocenters. The second-order valence-electron chi connectivity index (χ2n) is 6.48. The van der Waals surface area contributed by atoms with Crippen molar-refractivity contribution in [3.8, 4) is 0 Å². The molecule has 1 nitrogen and oxygen atoms in total. The Kier molecular flexibility index (Phi) is 5.08. The minimum Gasteiger partial charge on any atom is -0.316 e. The third-order valence-corrected chi connectivity index (χ3v) is 5.14. The molecule has 0 heterocycles. The van der Waals surface area contributed by atoms with Gasteiger partial charge in [-0.15, -0.1) is 0 Å². The summed E-state index contributed by atoms with van der Waals surface area (Å²) in [6.07, 6.45) is 4.04. The fourth-order valence-corrected chi connectivity index (χ4v) is 3.67. The first kappa shape index (κ1) is 15.1. The Balaban J connectivity index is 2.17. The van der Waals surface area contributed by atoms with Crippen molar-refractivity contribution in [1.82, 2.24) is 5.32 Å². The topological polar surface area (TPSA) is 12.0 Å². The van der Waals surface area contributed by atoms with Gasteiger partial charge in [0.1, 0.15) is 0 Å². The molecule has 0 spiro atoms. The van der Waals surface area contributed by atoms with E-state index < -0.39 is 0 Å². The van der Waals surface area contributed by atoms with Gasteiger partial charge < -0.3 is 5.32 Å². The molecular weight excluding hydrogens is 298 g/mol. The molecule has 0 saturated heterocycles. The summed E-state index contributed by atoms with van der Waals surface area (Å²) in [5.74, 6) is 1.49. The van der Waals surface area contributed by atoms with Crippen LogP contribution in [0.3, 0.4) is 0 Å². The van der Waals surface area contributed by atoms with Gasteiger partial charge in [-0.05, 0) is 48.9 Å². The van der Waals surface area contributed by atoms with Gasteiger partial charge in [0.05, 0.1) is 0 Å². The largest absolute Gasteiger partial charge is 0.316 e. The number of hydrogen-bond acceptors (Lipinski definition) is 1. The van der Waals surface area contributed by atoms with Crippen LogP contribution in [0, 0.1) is 11.8 Å². The molecule has 2 rings (SSSR count). The first-order valence-corrected chi connectivity index (χ1v) is 8.30. The van der Waals surface area contributed by atoms with Crippen molar-refractivity contribution in [2.24, 2.45) is 11.8 Å². The van der Waals surface area contributed by atoms with Crippen LogP contribution >= 0.6 is 15.9 Å². The van der Waals surface area contributed by atoms with Gasteiger partial charge in [-0.3, -0.25) is 0 Å². The Labute approximate surface area is 126 Å². The van der Waals surface area contributed by atoms with Crippen molar-refractivity contribution in [3.63, 3.8) is 0 Å². The first-order chi connectivity index (χ1) is 9.04. The minimum atomic E-state index is 0.343. The molecule has 0 bridgehead atoms. The second-order valence-corrected chi connectivity index (χ2v) is 7.40. The van der Waals surface area contributed by atoms with Crippen LogP contribution in [0.4, 0.5) is 0 Å². The van der Waals surface area contributed by atoms with Crippen LogP contribution in [0.5, 0.6) is 0 Å². The monoisotopic (exact) mass is 323 g/mol. The highest BCUT2D eigenvalue weighted by Gasteiger charge is 2.41. The molecule has 106 valence electrons. The maximum absolute atomic E-state index is 3.70. The average molecular weight is 324 g/mol. The van der Waals surface area contributed by atoms with E-state index in [1.165, 1.54) is 29.3 Å². The summed E-state index contributed by atoms with van der Waals surface area (Å²) in [5, 5.41) is 3.70. The number of hydrogen-bond donors (Lipinski definition) is 1.